The Morgan fingerprint density at radius 1 is 1.11 bits per heavy atom. The molecule has 3 N–H and O–H groups in total. The average Bonchev–Trinajstić information content (AvgIpc) is 2.81. The number of fused-ring (bicyclic) bond motifs is 1. The molecule has 0 radical (unpaired) electrons. The smallest absolute Gasteiger partial charge is 0.138 e. The third-order valence-corrected chi connectivity index (χ3v) is 3.04. The van der Waals surface area contributed by atoms with E-state index in [1.54, 1.807) is 7.11 Å². The standard InChI is InChI=1S/C14H11ClN2O.H2O/c1-18-11-5-2-9(3-6-11)14-16-12-7-4-10(15)8-13(12)17-14;/h2-8H,1H3,(H,16,17);1H2. The van der Waals surface area contributed by atoms with Crippen LogP contribution in [-0.2, 0) is 0 Å². The van der Waals surface area contributed by atoms with Gasteiger partial charge in [-0.2, -0.15) is 0 Å². The van der Waals surface area contributed by atoms with Crippen LogP contribution in [0.2, 0.25) is 5.02 Å². The lowest BCUT2D eigenvalue weighted by atomic mass is 10.2. The molecule has 1 aromatic heterocycles. The largest absolute Gasteiger partial charge is 0.497 e. The second kappa shape index (κ2) is 5.30. The molecule has 5 heteroatoms. The molecule has 0 saturated heterocycles. The minimum atomic E-state index is 0. The van der Waals surface area contributed by atoms with E-state index in [0.29, 0.717) is 5.02 Å². The molecule has 19 heavy (non-hydrogen) atoms. The second-order valence-corrected chi connectivity index (χ2v) is 4.41. The third-order valence-electron chi connectivity index (χ3n) is 2.81. The Balaban J connectivity index is 0.00000133. The van der Waals surface area contributed by atoms with Gasteiger partial charge in [0.1, 0.15) is 11.6 Å². The predicted molar refractivity (Wildman–Crippen MR) is 76.7 cm³/mol. The molecule has 0 spiro atoms. The Labute approximate surface area is 115 Å². The van der Waals surface area contributed by atoms with Gasteiger partial charge >= 0.3 is 0 Å². The van der Waals surface area contributed by atoms with Crippen LogP contribution in [0.4, 0.5) is 0 Å². The molecule has 0 fully saturated rings. The van der Waals surface area contributed by atoms with Crippen molar-refractivity contribution in [2.75, 3.05) is 7.11 Å². The molecule has 4 nitrogen and oxygen atoms in total. The molecule has 2 aromatic carbocycles. The van der Waals surface area contributed by atoms with Crippen molar-refractivity contribution < 1.29 is 10.2 Å². The Kier molecular flexibility index (Phi) is 3.74. The summed E-state index contributed by atoms with van der Waals surface area (Å²) in [6.07, 6.45) is 0. The summed E-state index contributed by atoms with van der Waals surface area (Å²) in [6, 6.07) is 13.4. The molecule has 0 unspecified atom stereocenters. The van der Waals surface area contributed by atoms with Crippen LogP contribution in [0.15, 0.2) is 42.5 Å². The van der Waals surface area contributed by atoms with Crippen molar-refractivity contribution >= 4 is 22.6 Å². The number of rotatable bonds is 2. The van der Waals surface area contributed by atoms with E-state index in [4.69, 9.17) is 16.3 Å². The lowest BCUT2D eigenvalue weighted by Gasteiger charge is -2.00. The van der Waals surface area contributed by atoms with Crippen molar-refractivity contribution in [2.45, 2.75) is 0 Å². The molecule has 0 aliphatic heterocycles. The summed E-state index contributed by atoms with van der Waals surface area (Å²) in [5.74, 6) is 1.66. The van der Waals surface area contributed by atoms with E-state index in [1.165, 1.54) is 0 Å². The molecule has 0 aliphatic carbocycles. The van der Waals surface area contributed by atoms with Crippen LogP contribution in [0.5, 0.6) is 5.75 Å². The van der Waals surface area contributed by atoms with Gasteiger partial charge in [0.2, 0.25) is 0 Å². The van der Waals surface area contributed by atoms with Crippen LogP contribution in [0.25, 0.3) is 22.4 Å². The Hall–Kier alpha value is -2.04. The summed E-state index contributed by atoms with van der Waals surface area (Å²) in [5.41, 5.74) is 2.86. The number of imidazole rings is 1. The lowest BCUT2D eigenvalue weighted by Crippen LogP contribution is -1.83. The zero-order valence-electron chi connectivity index (χ0n) is 10.3. The van der Waals surface area contributed by atoms with Crippen LogP contribution < -0.4 is 4.74 Å². The highest BCUT2D eigenvalue weighted by atomic mass is 35.5. The van der Waals surface area contributed by atoms with Crippen molar-refractivity contribution in [2.24, 2.45) is 0 Å². The number of nitrogens with zero attached hydrogens (tertiary/aromatic N) is 1. The van der Waals surface area contributed by atoms with Crippen LogP contribution in [0, 0.1) is 0 Å². The molecule has 3 rings (SSSR count). The number of aromatic amines is 1. The summed E-state index contributed by atoms with van der Waals surface area (Å²) in [5, 5.41) is 0.701. The molecule has 98 valence electrons. The summed E-state index contributed by atoms with van der Waals surface area (Å²) >= 11 is 5.95. The van der Waals surface area contributed by atoms with Gasteiger partial charge in [0, 0.05) is 10.6 Å². The highest BCUT2D eigenvalue weighted by molar-refractivity contribution is 6.31. The number of halogens is 1. The van der Waals surface area contributed by atoms with Crippen LogP contribution >= 0.6 is 11.6 Å². The quantitative estimate of drug-likeness (QED) is 0.781. The fourth-order valence-corrected chi connectivity index (χ4v) is 2.04. The first-order valence-corrected chi connectivity index (χ1v) is 5.94. The maximum Gasteiger partial charge on any atom is 0.138 e. The average molecular weight is 277 g/mol. The highest BCUT2D eigenvalue weighted by Crippen LogP contribution is 2.24. The summed E-state index contributed by atoms with van der Waals surface area (Å²) in [6.45, 7) is 0. The minimum Gasteiger partial charge on any atom is -0.497 e. The number of H-pyrrole nitrogens is 1. The molecule has 0 bridgehead atoms. The first kappa shape index (κ1) is 13.4. The zero-order chi connectivity index (χ0) is 12.5. The highest BCUT2D eigenvalue weighted by Gasteiger charge is 2.05. The minimum absolute atomic E-state index is 0. The monoisotopic (exact) mass is 276 g/mol. The molecular weight excluding hydrogens is 264 g/mol. The number of benzene rings is 2. The van der Waals surface area contributed by atoms with E-state index in [0.717, 1.165) is 28.2 Å². The van der Waals surface area contributed by atoms with E-state index in [2.05, 4.69) is 9.97 Å². The van der Waals surface area contributed by atoms with Crippen LogP contribution in [0.3, 0.4) is 0 Å². The Morgan fingerprint density at radius 3 is 2.53 bits per heavy atom. The second-order valence-electron chi connectivity index (χ2n) is 3.98. The summed E-state index contributed by atoms with van der Waals surface area (Å²) < 4.78 is 5.13. The number of nitrogens with one attached hydrogen (secondary N) is 1. The van der Waals surface area contributed by atoms with Gasteiger partial charge < -0.3 is 15.2 Å². The molecule has 0 atom stereocenters. The first-order valence-electron chi connectivity index (χ1n) is 5.56. The van der Waals surface area contributed by atoms with E-state index >= 15 is 0 Å². The Morgan fingerprint density at radius 2 is 1.84 bits per heavy atom. The van der Waals surface area contributed by atoms with Crippen LogP contribution in [0.1, 0.15) is 0 Å². The molecular formula is C14H13ClN2O2. The molecule has 0 aliphatic rings. The van der Waals surface area contributed by atoms with Crippen molar-refractivity contribution in [3.8, 4) is 17.1 Å². The zero-order valence-corrected chi connectivity index (χ0v) is 11.0. The number of ether oxygens (including phenoxy) is 1. The van der Waals surface area contributed by atoms with Crippen molar-refractivity contribution in [1.82, 2.24) is 9.97 Å². The van der Waals surface area contributed by atoms with E-state index in [1.807, 2.05) is 42.5 Å². The van der Waals surface area contributed by atoms with Gasteiger partial charge in [-0.15, -0.1) is 0 Å². The van der Waals surface area contributed by atoms with Gasteiger partial charge in [-0.1, -0.05) is 11.6 Å². The SMILES string of the molecule is COc1ccc(-c2nc3ccc(Cl)cc3[nH]2)cc1.O. The number of hydrogen-bond donors (Lipinski definition) is 1. The van der Waals surface area contributed by atoms with Gasteiger partial charge in [-0.05, 0) is 42.5 Å². The molecule has 0 saturated carbocycles. The first-order chi connectivity index (χ1) is 8.76. The van der Waals surface area contributed by atoms with Crippen molar-refractivity contribution in [3.63, 3.8) is 0 Å². The Bertz CT molecular complexity index is 692. The van der Waals surface area contributed by atoms with Crippen molar-refractivity contribution in [3.05, 3.63) is 47.5 Å². The van der Waals surface area contributed by atoms with Gasteiger partial charge in [-0.25, -0.2) is 4.98 Å². The fourth-order valence-electron chi connectivity index (χ4n) is 1.87. The van der Waals surface area contributed by atoms with E-state index in [9.17, 15) is 0 Å². The van der Waals surface area contributed by atoms with Gasteiger partial charge in [-0.3, -0.25) is 0 Å². The number of aromatic nitrogens is 2. The predicted octanol–water partition coefficient (Wildman–Crippen LogP) is 3.07. The lowest BCUT2D eigenvalue weighted by molar-refractivity contribution is 0.415. The summed E-state index contributed by atoms with van der Waals surface area (Å²) in [4.78, 5) is 7.78. The number of hydrogen-bond acceptors (Lipinski definition) is 2. The van der Waals surface area contributed by atoms with Gasteiger partial charge in [0.15, 0.2) is 0 Å². The normalized spacial score (nSPS) is 10.2. The molecule has 1 heterocycles. The fraction of sp³-hybridized carbons (Fsp3) is 0.0714. The van der Waals surface area contributed by atoms with Gasteiger partial charge in [0.05, 0.1) is 18.1 Å². The molecule has 0 amide bonds. The van der Waals surface area contributed by atoms with Gasteiger partial charge in [0.25, 0.3) is 0 Å². The maximum atomic E-state index is 5.95. The third kappa shape index (κ3) is 2.54. The summed E-state index contributed by atoms with van der Waals surface area (Å²) in [7, 11) is 1.65. The molecule has 3 aromatic rings. The topological polar surface area (TPSA) is 69.4 Å². The van der Waals surface area contributed by atoms with Crippen molar-refractivity contribution in [1.29, 1.82) is 0 Å². The maximum absolute atomic E-state index is 5.95. The van der Waals surface area contributed by atoms with Crippen LogP contribution in [-0.4, -0.2) is 22.6 Å². The number of methoxy groups -OCH3 is 1. The van der Waals surface area contributed by atoms with E-state index in [-0.39, 0.29) is 5.48 Å². The van der Waals surface area contributed by atoms with E-state index < -0.39 is 0 Å².